The molecule has 2 aliphatic carbocycles. The van der Waals surface area contributed by atoms with Crippen molar-refractivity contribution in [3.05, 3.63) is 70.8 Å². The maximum atomic E-state index is 12.6. The molecule has 2 aliphatic rings. The zero-order valence-corrected chi connectivity index (χ0v) is 34.7. The van der Waals surface area contributed by atoms with Gasteiger partial charge in [0.15, 0.2) is 0 Å². The van der Waals surface area contributed by atoms with Crippen LogP contribution in [0.15, 0.2) is 48.5 Å². The van der Waals surface area contributed by atoms with Gasteiger partial charge < -0.3 is 20.0 Å². The van der Waals surface area contributed by atoms with Gasteiger partial charge in [0.1, 0.15) is 0 Å². The molecule has 2 N–H and O–H groups in total. The van der Waals surface area contributed by atoms with E-state index in [4.69, 9.17) is 0 Å². The molecule has 2 aromatic rings. The summed E-state index contributed by atoms with van der Waals surface area (Å²) in [5.41, 5.74) is 3.25. The molecule has 0 radical (unpaired) electrons. The van der Waals surface area contributed by atoms with Gasteiger partial charge in [0.25, 0.3) is 0 Å². The quantitative estimate of drug-likeness (QED) is 0.272. The number of aryl methyl sites for hydroxylation is 2. The number of hydrogen-bond acceptors (Lipinski definition) is 4. The monoisotopic (exact) mass is 984 g/mol. The first kappa shape index (κ1) is 42.6. The van der Waals surface area contributed by atoms with Crippen LogP contribution < -0.4 is 0 Å². The third kappa shape index (κ3) is 14.0. The van der Waals surface area contributed by atoms with Crippen molar-refractivity contribution >= 4 is 65.8 Å². The molecular formula is C35H56I3N2O3V. The predicted molar refractivity (Wildman–Crippen MR) is 210 cm³/mol. The molecule has 1 amide bonds. The van der Waals surface area contributed by atoms with E-state index in [1.54, 1.807) is 19.0 Å². The molecule has 5 nitrogen and oxygen atoms in total. The molecule has 44 heavy (non-hydrogen) atoms. The average molecular weight is 985 g/mol. The van der Waals surface area contributed by atoms with Gasteiger partial charge in [-0.05, 0) is 64.8 Å². The van der Waals surface area contributed by atoms with Crippen LogP contribution in [0.1, 0.15) is 106 Å². The van der Waals surface area contributed by atoms with Crippen molar-refractivity contribution in [2.75, 3.05) is 34.7 Å². The third-order valence-electron chi connectivity index (χ3n) is 8.75. The zero-order valence-electron chi connectivity index (χ0n) is 26.8. The first-order valence-electron chi connectivity index (χ1n) is 15.4. The molecule has 2 unspecified atom stereocenters. The predicted octanol–water partition coefficient (Wildman–Crippen LogP) is 9.49. The van der Waals surface area contributed by atoms with Crippen molar-refractivity contribution in [2.24, 2.45) is 0 Å². The van der Waals surface area contributed by atoms with Gasteiger partial charge in [-0.1, -0.05) is 106 Å². The number of benzene rings is 2. The molecule has 0 aromatic heterocycles. The summed E-state index contributed by atoms with van der Waals surface area (Å²) in [5.74, 6) is -0.222. The summed E-state index contributed by atoms with van der Waals surface area (Å²) in [7, 11) is 7.70. The van der Waals surface area contributed by atoms with E-state index in [1.165, 1.54) is 23.1 Å². The van der Waals surface area contributed by atoms with Gasteiger partial charge in [-0.25, -0.2) is 0 Å². The molecule has 0 saturated heterocycles. The van der Waals surface area contributed by atoms with Gasteiger partial charge in [0.05, 0.1) is 17.1 Å². The van der Waals surface area contributed by atoms with Gasteiger partial charge >= 0.3 is 64.9 Å². The van der Waals surface area contributed by atoms with Crippen molar-refractivity contribution in [1.29, 1.82) is 0 Å². The van der Waals surface area contributed by atoms with Crippen molar-refractivity contribution in [3.63, 3.8) is 0 Å². The summed E-state index contributed by atoms with van der Waals surface area (Å²) < 4.78 is 0. The summed E-state index contributed by atoms with van der Waals surface area (Å²) >= 11 is 7.39. The van der Waals surface area contributed by atoms with Crippen LogP contribution in [-0.4, -0.2) is 71.9 Å². The number of aliphatic hydroxyl groups is 2. The molecule has 0 heterocycles. The maximum absolute atomic E-state index is 12.6. The minimum atomic E-state index is -0.894. The number of carbonyl (C=O) groups excluding carboxylic acids is 1. The van der Waals surface area contributed by atoms with E-state index in [0.717, 1.165) is 57.1 Å². The Bertz CT molecular complexity index is 1080. The second-order valence-corrected chi connectivity index (χ2v) is 48.2. The summed E-state index contributed by atoms with van der Waals surface area (Å²) in [6, 6.07) is 16.7. The van der Waals surface area contributed by atoms with Crippen LogP contribution in [0.3, 0.4) is 0 Å². The number of amides is 1. The fourth-order valence-electron chi connectivity index (χ4n) is 6.41. The van der Waals surface area contributed by atoms with Crippen molar-refractivity contribution in [3.8, 4) is 0 Å². The Hall–Kier alpha value is 0.564. The molecule has 2 fully saturated rings. The summed E-state index contributed by atoms with van der Waals surface area (Å²) in [5, 5.41) is 22.1. The summed E-state index contributed by atoms with van der Waals surface area (Å²) in [6.07, 6.45) is 10.1. The van der Waals surface area contributed by atoms with Gasteiger partial charge in [0.2, 0.25) is 5.91 Å². The molecule has 0 bridgehead atoms. The Morgan fingerprint density at radius 2 is 1.09 bits per heavy atom. The van der Waals surface area contributed by atoms with E-state index in [-0.39, 0.29) is 24.2 Å². The zero-order chi connectivity index (χ0) is 32.2. The second kappa shape index (κ2) is 20.8. The topological polar surface area (TPSA) is 64.0 Å². The molecular weight excluding hydrogens is 928 g/mol. The number of likely N-dealkylation sites (N-methyl/N-ethyl adjacent to an activating group) is 2. The van der Waals surface area contributed by atoms with Crippen LogP contribution in [0.4, 0.5) is 0 Å². The normalized spacial score (nSPS) is 18.5. The molecule has 9 heteroatoms. The Kier molecular flexibility index (Phi) is 20.2. The van der Waals surface area contributed by atoms with Crippen LogP contribution in [0, 0.1) is 13.8 Å². The molecule has 2 atom stereocenters. The number of halogens is 3. The number of hydrogen-bond donors (Lipinski definition) is 2. The minimum absolute atomic E-state index is 0. The molecule has 250 valence electrons. The van der Waals surface area contributed by atoms with E-state index >= 15 is 0 Å². The van der Waals surface area contributed by atoms with E-state index in [0.29, 0.717) is 12.8 Å². The number of rotatable bonds is 7. The van der Waals surface area contributed by atoms with Crippen LogP contribution >= 0.6 is 59.9 Å². The van der Waals surface area contributed by atoms with Crippen molar-refractivity contribution in [2.45, 2.75) is 109 Å². The van der Waals surface area contributed by atoms with Crippen molar-refractivity contribution < 1.29 is 19.9 Å². The molecule has 0 aliphatic heterocycles. The number of carbonyl (C=O) groups is 1. The Labute approximate surface area is 306 Å². The fourth-order valence-corrected chi connectivity index (χ4v) is 6.41. The van der Waals surface area contributed by atoms with Gasteiger partial charge in [-0.15, -0.1) is 0 Å². The molecule has 4 rings (SSSR count). The van der Waals surface area contributed by atoms with Crippen molar-refractivity contribution in [1.82, 2.24) is 9.80 Å². The second-order valence-electron chi connectivity index (χ2n) is 12.8. The van der Waals surface area contributed by atoms with Crippen LogP contribution in [-0.2, 0) is 9.72 Å². The van der Waals surface area contributed by atoms with Crippen LogP contribution in [0.5, 0.6) is 0 Å². The first-order valence-corrected chi connectivity index (χ1v) is 28.9. The van der Waals surface area contributed by atoms with Crippen LogP contribution in [0.2, 0.25) is 0 Å². The van der Waals surface area contributed by atoms with E-state index in [1.807, 2.05) is 31.2 Å². The van der Waals surface area contributed by atoms with E-state index in [2.05, 4.69) is 110 Å². The molecule has 2 saturated carbocycles. The summed E-state index contributed by atoms with van der Waals surface area (Å²) in [6.45, 7) is 5.06. The van der Waals surface area contributed by atoms with Gasteiger partial charge in [0, 0.05) is 26.6 Å². The third-order valence-corrected chi connectivity index (χ3v) is 8.75. The average Bonchev–Trinajstić information content (AvgIpc) is 2.94. The molecule has 0 spiro atoms. The van der Waals surface area contributed by atoms with Gasteiger partial charge in [-0.3, -0.25) is 4.79 Å². The standard InChI is InChI=1S/C17H25NO2.C17H27NO.CH4.3HI.V/c1-13-7-9-14(10-8-13)15(16(19)18(2)3)17(20)11-5-4-6-12-17;1-14-7-9-15(10-8-14)16(13-18(2)3)17(19)11-5-4-6-12-17;;;;;/h7-10,15,20H,4-6,11-12H2,1-3H3;7-10,16,19H,4-6,11-13H2,1-3H3;1H4;3*1H;/q;;;;;;+3/p-3. The Balaban J connectivity index is 0.000000385. The van der Waals surface area contributed by atoms with Crippen LogP contribution in [0.25, 0.3) is 0 Å². The Morgan fingerprint density at radius 1 is 0.727 bits per heavy atom. The Morgan fingerprint density at radius 3 is 1.45 bits per heavy atom. The first-order chi connectivity index (χ1) is 20.2. The van der Waals surface area contributed by atoms with Gasteiger partial charge in [-0.2, -0.15) is 0 Å². The van der Waals surface area contributed by atoms with E-state index in [9.17, 15) is 15.0 Å². The fraction of sp³-hybridized carbons (Fsp3) is 0.629. The SMILES string of the molecule is C.Cc1ccc(C(C(=O)N(C)C)C2(O)CCCCC2)cc1.Cc1ccc(C(CN(C)C)C2(O)CCCCC2)cc1.[I][V]([I])[I]. The molecule has 2 aromatic carbocycles. The number of nitrogens with zero attached hydrogens (tertiary/aromatic N) is 2. The summed E-state index contributed by atoms with van der Waals surface area (Å²) in [4.78, 5) is 16.1. The van der Waals surface area contributed by atoms with E-state index < -0.39 is 17.1 Å².